The van der Waals surface area contributed by atoms with Gasteiger partial charge in [-0.3, -0.25) is 0 Å². The van der Waals surface area contributed by atoms with Gasteiger partial charge in [-0.05, 0) is 13.0 Å². The summed E-state index contributed by atoms with van der Waals surface area (Å²) in [7, 11) is 0. The third-order valence-corrected chi connectivity index (χ3v) is 5.25. The highest BCUT2D eigenvalue weighted by molar-refractivity contribution is 8.38. The van der Waals surface area contributed by atoms with Gasteiger partial charge in [0.15, 0.2) is 5.75 Å². The molecule has 0 aromatic heterocycles. The van der Waals surface area contributed by atoms with Crippen LogP contribution in [-0.2, 0) is 16.8 Å². The number of benzene rings is 1. The molecule has 0 spiro atoms. The maximum absolute atomic E-state index is 9.01. The monoisotopic (exact) mass is 239 g/mol. The number of rotatable bonds is 1. The minimum atomic E-state index is -2.29. The number of para-hydroxylation sites is 1. The summed E-state index contributed by atoms with van der Waals surface area (Å²) in [5.41, 5.74) is 0.772. The van der Waals surface area contributed by atoms with E-state index in [4.69, 9.17) is 26.6 Å². The molecule has 0 N–H and O–H groups in total. The molecular weight excluding hydrogens is 229 g/mol. The molecule has 15 heavy (non-hydrogen) atoms. The van der Waals surface area contributed by atoms with Crippen molar-refractivity contribution in [2.75, 3.05) is 6.16 Å². The average Bonchev–Trinajstić information content (AvgIpc) is 2.28. The second-order valence-electron chi connectivity index (χ2n) is 3.17. The molecule has 1 aliphatic rings. The van der Waals surface area contributed by atoms with Gasteiger partial charge in [-0.15, -0.1) is 0 Å². The largest absolute Gasteiger partial charge is 0.483 e. The van der Waals surface area contributed by atoms with Gasteiger partial charge in [0.2, 0.25) is 13.0 Å². The number of nitrogens with zero attached hydrogens (tertiary/aromatic N) is 1. The quantitative estimate of drug-likeness (QED) is 0.558. The van der Waals surface area contributed by atoms with Gasteiger partial charge in [0.25, 0.3) is 0 Å². The van der Waals surface area contributed by atoms with Crippen molar-refractivity contribution in [1.82, 2.24) is 0 Å². The lowest BCUT2D eigenvalue weighted by molar-refractivity contribution is 0.235. The highest BCUT2D eigenvalue weighted by Gasteiger charge is 2.38. The first-order chi connectivity index (χ1) is 7.18. The molecular formula is C10H10NO2PS. The van der Waals surface area contributed by atoms with Crippen LogP contribution in [0.1, 0.15) is 18.6 Å². The highest BCUT2D eigenvalue weighted by atomic mass is 32.7. The highest BCUT2D eigenvalue weighted by Crippen LogP contribution is 2.64. The van der Waals surface area contributed by atoms with E-state index >= 15 is 0 Å². The van der Waals surface area contributed by atoms with Crippen molar-refractivity contribution in [3.63, 3.8) is 0 Å². The topological polar surface area (TPSA) is 42.2 Å². The van der Waals surface area contributed by atoms with Crippen LogP contribution in [0, 0.1) is 11.3 Å². The molecule has 0 bridgehead atoms. The van der Waals surface area contributed by atoms with E-state index in [0.717, 1.165) is 5.56 Å². The van der Waals surface area contributed by atoms with Crippen molar-refractivity contribution in [1.29, 1.82) is 5.26 Å². The summed E-state index contributed by atoms with van der Waals surface area (Å²) < 4.78 is 11.2. The van der Waals surface area contributed by atoms with Gasteiger partial charge in [0.05, 0.1) is 6.16 Å². The Bertz CT molecular complexity index is 420. The van der Waals surface area contributed by atoms with Crippen LogP contribution >= 0.6 is 6.92 Å². The van der Waals surface area contributed by atoms with Gasteiger partial charge in [0.1, 0.15) is 6.07 Å². The van der Waals surface area contributed by atoms with E-state index in [-0.39, 0.29) is 0 Å². The molecule has 1 heterocycles. The number of hydrogen-bond acceptors (Lipinski definition) is 4. The fourth-order valence-electron chi connectivity index (χ4n) is 1.40. The van der Waals surface area contributed by atoms with Crippen molar-refractivity contribution in [3.8, 4) is 11.8 Å². The zero-order chi connectivity index (χ0) is 10.9. The van der Waals surface area contributed by atoms with Gasteiger partial charge in [0, 0.05) is 5.56 Å². The number of nitriles is 1. The van der Waals surface area contributed by atoms with Crippen LogP contribution in [-0.4, -0.2) is 6.16 Å². The molecule has 1 unspecified atom stereocenters. The van der Waals surface area contributed by atoms with Crippen molar-refractivity contribution >= 4 is 19.2 Å². The summed E-state index contributed by atoms with van der Waals surface area (Å²) in [6, 6.07) is 9.50. The summed E-state index contributed by atoms with van der Waals surface area (Å²) in [5.74, 6) is 0.695. The summed E-state index contributed by atoms with van der Waals surface area (Å²) in [5, 5.41) is 9.01. The maximum Gasteiger partial charge on any atom is 0.218 e. The predicted molar refractivity (Wildman–Crippen MR) is 61.3 cm³/mol. The summed E-state index contributed by atoms with van der Waals surface area (Å²) in [6.45, 7) is -0.369. The Morgan fingerprint density at radius 3 is 2.93 bits per heavy atom. The van der Waals surface area contributed by atoms with Crippen molar-refractivity contribution in [2.24, 2.45) is 0 Å². The van der Waals surface area contributed by atoms with Crippen molar-refractivity contribution in [2.45, 2.75) is 13.0 Å². The van der Waals surface area contributed by atoms with Crippen LogP contribution in [0.4, 0.5) is 0 Å². The molecule has 1 aliphatic heterocycles. The molecule has 2 rings (SSSR count). The SMILES string of the molecule is CC[P+]1([S-])Oc2ccccc2[C@@H](C#N)O1. The Hall–Kier alpha value is -0.750. The molecule has 0 aliphatic carbocycles. The fourth-order valence-corrected chi connectivity index (χ4v) is 3.17. The predicted octanol–water partition coefficient (Wildman–Crippen LogP) is 2.99. The van der Waals surface area contributed by atoms with Gasteiger partial charge < -0.3 is 16.8 Å². The third-order valence-electron chi connectivity index (χ3n) is 2.21. The standard InChI is InChI=1S/C10H10NO2PS/c1-2-14(15)12-9-6-4-3-5-8(9)10(7-11)13-14/h3-6,10H,2H2,1H3/t10-,14?/m1/s1. The van der Waals surface area contributed by atoms with E-state index in [1.54, 1.807) is 0 Å². The van der Waals surface area contributed by atoms with E-state index in [0.29, 0.717) is 11.9 Å². The molecule has 2 atom stereocenters. The van der Waals surface area contributed by atoms with Crippen LogP contribution in [0.5, 0.6) is 5.75 Å². The van der Waals surface area contributed by atoms with Crippen LogP contribution in [0.2, 0.25) is 0 Å². The molecule has 0 amide bonds. The van der Waals surface area contributed by atoms with E-state index in [1.807, 2.05) is 31.2 Å². The summed E-state index contributed by atoms with van der Waals surface area (Å²) >= 11 is 5.29. The summed E-state index contributed by atoms with van der Waals surface area (Å²) in [6.07, 6.45) is 0.0511. The van der Waals surface area contributed by atoms with Crippen molar-refractivity contribution in [3.05, 3.63) is 29.8 Å². The Morgan fingerprint density at radius 1 is 1.53 bits per heavy atom. The van der Waals surface area contributed by atoms with E-state index in [2.05, 4.69) is 6.07 Å². The van der Waals surface area contributed by atoms with Gasteiger partial charge in [-0.25, -0.2) is 0 Å². The average molecular weight is 239 g/mol. The van der Waals surface area contributed by atoms with Crippen LogP contribution < -0.4 is 4.52 Å². The normalized spacial score (nSPS) is 28.7. The first kappa shape index (κ1) is 10.8. The maximum atomic E-state index is 9.01. The van der Waals surface area contributed by atoms with Gasteiger partial charge >= 0.3 is 0 Å². The molecule has 5 heteroatoms. The molecule has 0 radical (unpaired) electrons. The Labute approximate surface area is 94.7 Å². The van der Waals surface area contributed by atoms with Crippen molar-refractivity contribution < 1.29 is 9.05 Å². The van der Waals surface area contributed by atoms with Gasteiger partial charge in [-0.2, -0.15) is 9.79 Å². The molecule has 0 saturated heterocycles. The minimum Gasteiger partial charge on any atom is -0.483 e. The minimum absolute atomic E-state index is 0.583. The lowest BCUT2D eigenvalue weighted by Gasteiger charge is -2.34. The second-order valence-corrected chi connectivity index (χ2v) is 7.09. The molecule has 3 nitrogen and oxygen atoms in total. The number of fused-ring (bicyclic) bond motifs is 1. The molecule has 0 fully saturated rings. The lowest BCUT2D eigenvalue weighted by Crippen LogP contribution is -2.16. The van der Waals surface area contributed by atoms with Gasteiger partial charge in [-0.1, -0.05) is 18.2 Å². The zero-order valence-corrected chi connectivity index (χ0v) is 9.92. The molecule has 1 aromatic rings. The first-order valence-corrected chi connectivity index (χ1v) is 7.46. The number of hydrogen-bond donors (Lipinski definition) is 0. The third kappa shape index (κ3) is 1.96. The lowest BCUT2D eigenvalue weighted by atomic mass is 10.1. The van der Waals surface area contributed by atoms with E-state index in [9.17, 15) is 0 Å². The Morgan fingerprint density at radius 2 is 2.27 bits per heavy atom. The zero-order valence-electron chi connectivity index (χ0n) is 8.21. The fraction of sp³-hybridized carbons (Fsp3) is 0.300. The molecule has 78 valence electrons. The van der Waals surface area contributed by atoms with E-state index < -0.39 is 13.0 Å². The van der Waals surface area contributed by atoms with Crippen LogP contribution in [0.15, 0.2) is 24.3 Å². The Balaban J connectivity index is 2.44. The molecule has 1 aromatic carbocycles. The smallest absolute Gasteiger partial charge is 0.218 e. The molecule has 0 saturated carbocycles. The summed E-state index contributed by atoms with van der Waals surface area (Å²) in [4.78, 5) is 0. The first-order valence-electron chi connectivity index (χ1n) is 4.64. The second kappa shape index (κ2) is 4.02. The van der Waals surface area contributed by atoms with Crippen LogP contribution in [0.3, 0.4) is 0 Å². The Kier molecular flexibility index (Phi) is 2.88. The van der Waals surface area contributed by atoms with E-state index in [1.165, 1.54) is 0 Å². The van der Waals surface area contributed by atoms with Crippen LogP contribution in [0.25, 0.3) is 0 Å².